The molecular weight excluding hydrogens is 323 g/mol. The number of amides is 1. The lowest BCUT2D eigenvalue weighted by atomic mass is 10.0. The molecule has 1 heterocycles. The highest BCUT2D eigenvalue weighted by Gasteiger charge is 2.33. The van der Waals surface area contributed by atoms with Crippen LogP contribution in [0.15, 0.2) is 18.2 Å². The molecular formula is C16H22Cl2N2O2. The average Bonchev–Trinajstić information content (AvgIpc) is 2.40. The molecule has 2 atom stereocenters. The standard InChI is InChI=1S/C16H22Cl2N2O2/c1-10-9-20(15(21)22-16(2,3)4)14(8-19-10)11-5-6-12(17)13(18)7-11/h5-7,10,14,19H,8-9H2,1-4H3/t10-,14-/m1/s1. The van der Waals surface area contributed by atoms with Gasteiger partial charge in [-0.15, -0.1) is 0 Å². The summed E-state index contributed by atoms with van der Waals surface area (Å²) in [6, 6.07) is 5.55. The van der Waals surface area contributed by atoms with Crippen LogP contribution in [-0.4, -0.2) is 35.7 Å². The topological polar surface area (TPSA) is 41.6 Å². The zero-order chi connectivity index (χ0) is 16.5. The van der Waals surface area contributed by atoms with Crippen LogP contribution in [-0.2, 0) is 4.74 Å². The summed E-state index contributed by atoms with van der Waals surface area (Å²) in [7, 11) is 0. The van der Waals surface area contributed by atoms with Crippen LogP contribution >= 0.6 is 23.2 Å². The second-order valence-corrected chi connectivity index (χ2v) is 7.45. The SMILES string of the molecule is C[C@@H]1CN(C(=O)OC(C)(C)C)[C@@H](c2ccc(Cl)c(Cl)c2)CN1. The highest BCUT2D eigenvalue weighted by atomic mass is 35.5. The molecule has 6 heteroatoms. The van der Waals surface area contributed by atoms with Gasteiger partial charge >= 0.3 is 6.09 Å². The fourth-order valence-corrected chi connectivity index (χ4v) is 2.76. The first kappa shape index (κ1) is 17.4. The van der Waals surface area contributed by atoms with Gasteiger partial charge in [0.2, 0.25) is 0 Å². The largest absolute Gasteiger partial charge is 0.444 e. The smallest absolute Gasteiger partial charge is 0.410 e. The normalized spacial score (nSPS) is 22.5. The summed E-state index contributed by atoms with van der Waals surface area (Å²) in [5.41, 5.74) is 0.424. The predicted molar refractivity (Wildman–Crippen MR) is 89.6 cm³/mol. The molecule has 1 saturated heterocycles. The van der Waals surface area contributed by atoms with Gasteiger partial charge in [-0.05, 0) is 45.4 Å². The maximum Gasteiger partial charge on any atom is 0.410 e. The first-order chi connectivity index (χ1) is 10.2. The Hall–Kier alpha value is -0.970. The number of hydrogen-bond donors (Lipinski definition) is 1. The van der Waals surface area contributed by atoms with Crippen LogP contribution in [0.25, 0.3) is 0 Å². The van der Waals surface area contributed by atoms with E-state index < -0.39 is 5.60 Å². The molecule has 0 aliphatic carbocycles. The summed E-state index contributed by atoms with van der Waals surface area (Å²) in [5.74, 6) is 0. The molecule has 0 aromatic heterocycles. The molecule has 1 aromatic rings. The Morgan fingerprint density at radius 1 is 1.32 bits per heavy atom. The second-order valence-electron chi connectivity index (χ2n) is 6.63. The van der Waals surface area contributed by atoms with E-state index in [4.69, 9.17) is 27.9 Å². The van der Waals surface area contributed by atoms with Crippen molar-refractivity contribution in [1.29, 1.82) is 0 Å². The molecule has 22 heavy (non-hydrogen) atoms. The second kappa shape index (κ2) is 6.65. The van der Waals surface area contributed by atoms with Crippen LogP contribution in [0.1, 0.15) is 39.3 Å². The number of piperazine rings is 1. The van der Waals surface area contributed by atoms with E-state index in [2.05, 4.69) is 5.32 Å². The molecule has 2 rings (SSSR count). The number of ether oxygens (including phenoxy) is 1. The number of rotatable bonds is 1. The Morgan fingerprint density at radius 2 is 2.00 bits per heavy atom. The third-order valence-corrected chi connectivity index (χ3v) is 4.20. The molecule has 0 saturated carbocycles. The lowest BCUT2D eigenvalue weighted by Gasteiger charge is -2.40. The van der Waals surface area contributed by atoms with E-state index in [1.54, 1.807) is 11.0 Å². The average molecular weight is 345 g/mol. The zero-order valence-corrected chi connectivity index (χ0v) is 14.8. The van der Waals surface area contributed by atoms with Gasteiger partial charge in [0.15, 0.2) is 0 Å². The lowest BCUT2D eigenvalue weighted by Crippen LogP contribution is -2.54. The van der Waals surface area contributed by atoms with Crippen LogP contribution in [0, 0.1) is 0 Å². The Kier molecular flexibility index (Phi) is 5.25. The van der Waals surface area contributed by atoms with Crippen molar-refractivity contribution in [3.8, 4) is 0 Å². The van der Waals surface area contributed by atoms with Crippen LogP contribution in [0.3, 0.4) is 0 Å². The van der Waals surface area contributed by atoms with Gasteiger partial charge in [0.25, 0.3) is 0 Å². The summed E-state index contributed by atoms with van der Waals surface area (Å²) in [5, 5.41) is 4.38. The van der Waals surface area contributed by atoms with Crippen LogP contribution in [0.5, 0.6) is 0 Å². The van der Waals surface area contributed by atoms with Crippen molar-refractivity contribution in [1.82, 2.24) is 10.2 Å². The maximum atomic E-state index is 12.5. The summed E-state index contributed by atoms with van der Waals surface area (Å²) in [4.78, 5) is 14.3. The van der Waals surface area contributed by atoms with Crippen molar-refractivity contribution in [2.75, 3.05) is 13.1 Å². The van der Waals surface area contributed by atoms with Crippen LogP contribution in [0.2, 0.25) is 10.0 Å². The lowest BCUT2D eigenvalue weighted by molar-refractivity contribution is 0.00787. The predicted octanol–water partition coefficient (Wildman–Crippen LogP) is 4.26. The minimum atomic E-state index is -0.520. The molecule has 0 bridgehead atoms. The van der Waals surface area contributed by atoms with Crippen LogP contribution in [0.4, 0.5) is 4.79 Å². The Balaban J connectivity index is 2.26. The van der Waals surface area contributed by atoms with E-state index in [1.807, 2.05) is 39.8 Å². The van der Waals surface area contributed by atoms with Gasteiger partial charge in [0, 0.05) is 19.1 Å². The first-order valence-electron chi connectivity index (χ1n) is 7.35. The third kappa shape index (κ3) is 4.28. The van der Waals surface area contributed by atoms with Crippen molar-refractivity contribution in [2.24, 2.45) is 0 Å². The quantitative estimate of drug-likeness (QED) is 0.827. The molecule has 1 aromatic carbocycles. The van der Waals surface area contributed by atoms with Gasteiger partial charge in [-0.2, -0.15) is 0 Å². The molecule has 1 aliphatic heterocycles. The van der Waals surface area contributed by atoms with E-state index in [0.29, 0.717) is 23.1 Å². The number of carbonyl (C=O) groups excluding carboxylic acids is 1. The van der Waals surface area contributed by atoms with E-state index in [9.17, 15) is 4.79 Å². The Labute approximate surface area is 141 Å². The Morgan fingerprint density at radius 3 is 2.59 bits per heavy atom. The number of hydrogen-bond acceptors (Lipinski definition) is 3. The highest BCUT2D eigenvalue weighted by molar-refractivity contribution is 6.42. The number of nitrogens with zero attached hydrogens (tertiary/aromatic N) is 1. The van der Waals surface area contributed by atoms with Gasteiger partial charge in [-0.1, -0.05) is 29.3 Å². The van der Waals surface area contributed by atoms with Gasteiger partial charge in [-0.3, -0.25) is 4.90 Å². The summed E-state index contributed by atoms with van der Waals surface area (Å²) >= 11 is 12.1. The monoisotopic (exact) mass is 344 g/mol. The van der Waals surface area contributed by atoms with Crippen molar-refractivity contribution < 1.29 is 9.53 Å². The maximum absolute atomic E-state index is 12.5. The fraction of sp³-hybridized carbons (Fsp3) is 0.562. The number of carbonyl (C=O) groups is 1. The van der Waals surface area contributed by atoms with Gasteiger partial charge in [-0.25, -0.2) is 4.79 Å². The van der Waals surface area contributed by atoms with E-state index >= 15 is 0 Å². The van der Waals surface area contributed by atoms with Crippen molar-refractivity contribution in [2.45, 2.75) is 45.4 Å². The molecule has 1 amide bonds. The molecule has 0 radical (unpaired) electrons. The van der Waals surface area contributed by atoms with Gasteiger partial charge in [0.1, 0.15) is 5.60 Å². The van der Waals surface area contributed by atoms with Crippen molar-refractivity contribution >= 4 is 29.3 Å². The number of benzene rings is 1. The molecule has 122 valence electrons. The fourth-order valence-electron chi connectivity index (χ4n) is 2.45. The van der Waals surface area contributed by atoms with E-state index in [1.165, 1.54) is 0 Å². The molecule has 4 nitrogen and oxygen atoms in total. The van der Waals surface area contributed by atoms with E-state index in [-0.39, 0.29) is 18.2 Å². The van der Waals surface area contributed by atoms with Gasteiger partial charge in [0.05, 0.1) is 16.1 Å². The third-order valence-electron chi connectivity index (χ3n) is 3.46. The van der Waals surface area contributed by atoms with Gasteiger partial charge < -0.3 is 10.1 Å². The molecule has 1 aliphatic rings. The zero-order valence-electron chi connectivity index (χ0n) is 13.3. The number of nitrogens with one attached hydrogen (secondary N) is 1. The summed E-state index contributed by atoms with van der Waals surface area (Å²) in [6.07, 6.45) is -0.308. The van der Waals surface area contributed by atoms with Crippen molar-refractivity contribution in [3.63, 3.8) is 0 Å². The molecule has 0 unspecified atom stereocenters. The minimum absolute atomic E-state index is 0.124. The first-order valence-corrected chi connectivity index (χ1v) is 8.11. The Bertz CT molecular complexity index is 558. The summed E-state index contributed by atoms with van der Waals surface area (Å²) in [6.45, 7) is 8.88. The van der Waals surface area contributed by atoms with E-state index in [0.717, 1.165) is 5.56 Å². The molecule has 1 fully saturated rings. The highest BCUT2D eigenvalue weighted by Crippen LogP contribution is 2.30. The van der Waals surface area contributed by atoms with Crippen LogP contribution < -0.4 is 5.32 Å². The molecule has 1 N–H and O–H groups in total. The van der Waals surface area contributed by atoms with Crippen molar-refractivity contribution in [3.05, 3.63) is 33.8 Å². The summed E-state index contributed by atoms with van der Waals surface area (Å²) < 4.78 is 5.53. The molecule has 0 spiro atoms. The minimum Gasteiger partial charge on any atom is -0.444 e. The number of halogens is 2.